The number of carbonyl (C=O) groups is 1. The van der Waals surface area contributed by atoms with Crippen LogP contribution in [0, 0.1) is 0 Å². The van der Waals surface area contributed by atoms with Crippen LogP contribution >= 0.6 is 0 Å². The fraction of sp³-hybridized carbons (Fsp3) is 0.909. The molecule has 0 saturated carbocycles. The topological polar surface area (TPSA) is 35.6 Å². The van der Waals surface area contributed by atoms with Crippen molar-refractivity contribution in [2.75, 3.05) is 39.3 Å². The van der Waals surface area contributed by atoms with Gasteiger partial charge < -0.3 is 15.1 Å². The minimum atomic E-state index is 0.282. The summed E-state index contributed by atoms with van der Waals surface area (Å²) in [4.78, 5) is 16.3. The van der Waals surface area contributed by atoms with Crippen molar-refractivity contribution < 1.29 is 4.79 Å². The number of likely N-dealkylation sites (N-methyl/N-ethyl adjacent to an activating group) is 1. The predicted molar refractivity (Wildman–Crippen MR) is 59.7 cm³/mol. The van der Waals surface area contributed by atoms with E-state index < -0.39 is 0 Å². The number of piperazine rings is 1. The fourth-order valence-electron chi connectivity index (χ4n) is 2.58. The minimum Gasteiger partial charge on any atom is -0.336 e. The fourth-order valence-corrected chi connectivity index (χ4v) is 2.58. The van der Waals surface area contributed by atoms with E-state index in [-0.39, 0.29) is 5.91 Å². The zero-order valence-corrected chi connectivity index (χ0v) is 9.54. The number of piperidine rings is 1. The van der Waals surface area contributed by atoms with Gasteiger partial charge in [-0.25, -0.2) is 0 Å². The zero-order chi connectivity index (χ0) is 10.7. The van der Waals surface area contributed by atoms with Crippen LogP contribution in [0.4, 0.5) is 0 Å². The van der Waals surface area contributed by atoms with E-state index in [4.69, 9.17) is 0 Å². The summed E-state index contributed by atoms with van der Waals surface area (Å²) in [7, 11) is 0. The SMILES string of the molecule is CCN1CCCC(N2CCNCC2=O)C1. The normalized spacial score (nSPS) is 29.5. The average Bonchev–Trinajstić information content (AvgIpc) is 2.30. The first kappa shape index (κ1) is 10.9. The molecule has 2 rings (SSSR count). The molecule has 0 aliphatic carbocycles. The number of carbonyl (C=O) groups excluding carboxylic acids is 1. The molecule has 1 unspecified atom stereocenters. The predicted octanol–water partition coefficient (Wildman–Crippen LogP) is -0.0975. The highest BCUT2D eigenvalue weighted by atomic mass is 16.2. The van der Waals surface area contributed by atoms with Crippen LogP contribution in [-0.4, -0.2) is 61.0 Å². The maximum atomic E-state index is 11.7. The van der Waals surface area contributed by atoms with Crippen LogP contribution < -0.4 is 5.32 Å². The van der Waals surface area contributed by atoms with Crippen molar-refractivity contribution in [1.29, 1.82) is 0 Å². The highest BCUT2D eigenvalue weighted by molar-refractivity contribution is 5.79. The van der Waals surface area contributed by atoms with E-state index in [0.29, 0.717) is 12.6 Å². The van der Waals surface area contributed by atoms with Gasteiger partial charge in [-0.15, -0.1) is 0 Å². The number of amides is 1. The molecule has 0 aromatic rings. The van der Waals surface area contributed by atoms with E-state index in [0.717, 1.165) is 26.2 Å². The monoisotopic (exact) mass is 211 g/mol. The Balaban J connectivity index is 1.93. The largest absolute Gasteiger partial charge is 0.336 e. The van der Waals surface area contributed by atoms with Crippen LogP contribution in [-0.2, 0) is 4.79 Å². The van der Waals surface area contributed by atoms with Crippen LogP contribution in [0.3, 0.4) is 0 Å². The summed E-state index contributed by atoms with van der Waals surface area (Å²) in [5.74, 6) is 0.282. The number of rotatable bonds is 2. The van der Waals surface area contributed by atoms with E-state index in [1.54, 1.807) is 0 Å². The molecule has 1 amide bonds. The first-order valence-electron chi connectivity index (χ1n) is 6.04. The van der Waals surface area contributed by atoms with Gasteiger partial charge in [0, 0.05) is 25.7 Å². The standard InChI is InChI=1S/C11H21N3O/c1-2-13-6-3-4-10(9-13)14-7-5-12-8-11(14)15/h10,12H,2-9H2,1H3. The summed E-state index contributed by atoms with van der Waals surface area (Å²) in [5.41, 5.74) is 0. The Kier molecular flexibility index (Phi) is 3.59. The summed E-state index contributed by atoms with van der Waals surface area (Å²) in [6.07, 6.45) is 2.41. The minimum absolute atomic E-state index is 0.282. The van der Waals surface area contributed by atoms with Gasteiger partial charge in [0.25, 0.3) is 0 Å². The Morgan fingerprint density at radius 1 is 1.47 bits per heavy atom. The summed E-state index contributed by atoms with van der Waals surface area (Å²) >= 11 is 0. The average molecular weight is 211 g/mol. The van der Waals surface area contributed by atoms with Crippen molar-refractivity contribution in [3.63, 3.8) is 0 Å². The summed E-state index contributed by atoms with van der Waals surface area (Å²) in [5, 5.41) is 3.12. The van der Waals surface area contributed by atoms with Crippen LogP contribution in [0.25, 0.3) is 0 Å². The summed E-state index contributed by atoms with van der Waals surface area (Å²) < 4.78 is 0. The molecule has 0 spiro atoms. The van der Waals surface area contributed by atoms with Gasteiger partial charge in [0.2, 0.25) is 5.91 Å². The van der Waals surface area contributed by atoms with Crippen LogP contribution in [0.1, 0.15) is 19.8 Å². The molecule has 0 bridgehead atoms. The van der Waals surface area contributed by atoms with E-state index >= 15 is 0 Å². The second-order valence-electron chi connectivity index (χ2n) is 4.45. The Hall–Kier alpha value is -0.610. The van der Waals surface area contributed by atoms with Crippen molar-refractivity contribution in [3.05, 3.63) is 0 Å². The Morgan fingerprint density at radius 3 is 3.07 bits per heavy atom. The highest BCUT2D eigenvalue weighted by Crippen LogP contribution is 2.16. The third kappa shape index (κ3) is 2.49. The van der Waals surface area contributed by atoms with E-state index in [2.05, 4.69) is 22.0 Å². The molecule has 0 aromatic heterocycles. The smallest absolute Gasteiger partial charge is 0.236 e. The first-order valence-corrected chi connectivity index (χ1v) is 6.04. The van der Waals surface area contributed by atoms with Gasteiger partial charge >= 0.3 is 0 Å². The molecule has 4 heteroatoms. The van der Waals surface area contributed by atoms with Gasteiger partial charge in [0.15, 0.2) is 0 Å². The second-order valence-corrected chi connectivity index (χ2v) is 4.45. The molecule has 2 saturated heterocycles. The molecule has 2 fully saturated rings. The summed E-state index contributed by atoms with van der Waals surface area (Å²) in [6, 6.07) is 0.466. The van der Waals surface area contributed by atoms with Gasteiger partial charge in [-0.2, -0.15) is 0 Å². The van der Waals surface area contributed by atoms with Gasteiger partial charge in [-0.05, 0) is 25.9 Å². The van der Waals surface area contributed by atoms with Crippen molar-refractivity contribution in [1.82, 2.24) is 15.1 Å². The van der Waals surface area contributed by atoms with Gasteiger partial charge in [-0.3, -0.25) is 4.79 Å². The van der Waals surface area contributed by atoms with Gasteiger partial charge in [0.05, 0.1) is 6.54 Å². The highest BCUT2D eigenvalue weighted by Gasteiger charge is 2.29. The number of hydrogen-bond acceptors (Lipinski definition) is 3. The molecule has 15 heavy (non-hydrogen) atoms. The maximum Gasteiger partial charge on any atom is 0.236 e. The molecule has 1 N–H and O–H groups in total. The molecule has 2 aliphatic rings. The summed E-state index contributed by atoms with van der Waals surface area (Å²) in [6.45, 7) is 7.95. The molecule has 0 radical (unpaired) electrons. The molecule has 2 heterocycles. The molecule has 0 aromatic carbocycles. The van der Waals surface area contributed by atoms with Gasteiger partial charge in [-0.1, -0.05) is 6.92 Å². The third-order valence-corrected chi connectivity index (χ3v) is 3.49. The van der Waals surface area contributed by atoms with Crippen molar-refractivity contribution in [2.45, 2.75) is 25.8 Å². The second kappa shape index (κ2) is 4.94. The maximum absolute atomic E-state index is 11.7. The zero-order valence-electron chi connectivity index (χ0n) is 9.54. The van der Waals surface area contributed by atoms with E-state index in [1.807, 2.05) is 0 Å². The molecule has 2 aliphatic heterocycles. The molecule has 4 nitrogen and oxygen atoms in total. The molecule has 1 atom stereocenters. The van der Waals surface area contributed by atoms with Crippen LogP contribution in [0.2, 0.25) is 0 Å². The lowest BCUT2D eigenvalue weighted by atomic mass is 10.0. The Morgan fingerprint density at radius 2 is 2.33 bits per heavy atom. The Labute approximate surface area is 91.6 Å². The number of likely N-dealkylation sites (tertiary alicyclic amines) is 1. The third-order valence-electron chi connectivity index (χ3n) is 3.49. The van der Waals surface area contributed by atoms with E-state index in [1.165, 1.54) is 19.4 Å². The van der Waals surface area contributed by atoms with Crippen molar-refractivity contribution >= 4 is 5.91 Å². The van der Waals surface area contributed by atoms with Crippen molar-refractivity contribution in [3.8, 4) is 0 Å². The molecule has 86 valence electrons. The lowest BCUT2D eigenvalue weighted by molar-refractivity contribution is -0.135. The molecular weight excluding hydrogens is 190 g/mol. The number of nitrogens with one attached hydrogen (secondary N) is 1. The first-order chi connectivity index (χ1) is 7.31. The Bertz CT molecular complexity index is 232. The van der Waals surface area contributed by atoms with Crippen LogP contribution in [0.15, 0.2) is 0 Å². The quantitative estimate of drug-likeness (QED) is 0.693. The number of nitrogens with zero attached hydrogens (tertiary/aromatic N) is 2. The van der Waals surface area contributed by atoms with Crippen molar-refractivity contribution in [2.24, 2.45) is 0 Å². The lowest BCUT2D eigenvalue weighted by Crippen LogP contribution is -2.56. The van der Waals surface area contributed by atoms with Gasteiger partial charge in [0.1, 0.15) is 0 Å². The lowest BCUT2D eigenvalue weighted by Gasteiger charge is -2.40. The van der Waals surface area contributed by atoms with Crippen LogP contribution in [0.5, 0.6) is 0 Å². The molecular formula is C11H21N3O. The van der Waals surface area contributed by atoms with E-state index in [9.17, 15) is 4.79 Å². The number of hydrogen-bond donors (Lipinski definition) is 1.